The van der Waals surface area contributed by atoms with Gasteiger partial charge in [0.05, 0.1) is 16.3 Å². The predicted octanol–water partition coefficient (Wildman–Crippen LogP) is 5.16. The van der Waals surface area contributed by atoms with Crippen LogP contribution in [0.1, 0.15) is 49.0 Å². The third-order valence-electron chi connectivity index (χ3n) is 9.92. The Labute approximate surface area is 315 Å². The second kappa shape index (κ2) is 15.5. The van der Waals surface area contributed by atoms with E-state index in [-0.39, 0.29) is 46.5 Å². The summed E-state index contributed by atoms with van der Waals surface area (Å²) in [6.07, 6.45) is 4.14. The lowest BCUT2D eigenvalue weighted by Gasteiger charge is -2.37. The van der Waals surface area contributed by atoms with Crippen LogP contribution in [0.2, 0.25) is 5.02 Å². The first-order chi connectivity index (χ1) is 26.1. The Morgan fingerprint density at radius 3 is 2.31 bits per heavy atom. The van der Waals surface area contributed by atoms with Crippen LogP contribution in [0.25, 0.3) is 22.9 Å². The van der Waals surface area contributed by atoms with Crippen LogP contribution in [-0.2, 0) is 22.4 Å². The van der Waals surface area contributed by atoms with Gasteiger partial charge in [-0.05, 0) is 94.2 Å². The average Bonchev–Trinajstić information content (AvgIpc) is 3.73. The smallest absolute Gasteiger partial charge is 0.335 e. The second-order valence-electron chi connectivity index (χ2n) is 13.3. The number of carbonyl (C=O) groups excluding carboxylic acids is 3. The molecule has 2 aliphatic heterocycles. The van der Waals surface area contributed by atoms with Gasteiger partial charge in [-0.2, -0.15) is 4.68 Å². The Kier molecular flexibility index (Phi) is 10.4. The molecule has 0 radical (unpaired) electrons. The predicted molar refractivity (Wildman–Crippen MR) is 199 cm³/mol. The molecule has 0 spiro atoms. The van der Waals surface area contributed by atoms with Crippen molar-refractivity contribution in [2.75, 3.05) is 39.8 Å². The lowest BCUT2D eigenvalue weighted by Crippen LogP contribution is -2.47. The molecule has 274 valence electrons. The van der Waals surface area contributed by atoms with E-state index in [9.17, 15) is 24.3 Å². The minimum atomic E-state index is -1.08. The van der Waals surface area contributed by atoms with Gasteiger partial charge in [0.25, 0.3) is 5.91 Å². The number of Topliss-reactive ketones (excluding diaryl/α,β-unsaturated/α-hetero) is 1. The standard InChI is InChI=1S/C40H35ClFN7O5/c1-46-19-21-47(22-20-46)39(52)27-11-9-26(10-12-27)29-3-2-4-31-30(29)17-18-48(38(31)35(50)23-25-5-7-28(8-6-25)40(53)54)36(51)16-13-32-34(49-24-43-44-45-49)15-14-33(41)37(32)42/h2-16,24,38H,17-23H2,1H3,(H,53,54)/b16-13+. The summed E-state index contributed by atoms with van der Waals surface area (Å²) < 4.78 is 16.6. The molecule has 0 saturated carbocycles. The molecular weight excluding hydrogens is 713 g/mol. The van der Waals surface area contributed by atoms with Gasteiger partial charge in [-0.3, -0.25) is 14.4 Å². The van der Waals surface area contributed by atoms with Crippen LogP contribution >= 0.6 is 11.6 Å². The number of fused-ring (bicyclic) bond motifs is 1. The molecule has 2 aliphatic rings. The SMILES string of the molecule is CN1CCN(C(=O)c2ccc(-c3cccc4c3CCN(C(=O)/C=C/c3c(-n5cnnn5)ccc(Cl)c3F)C4C(=O)Cc3ccc(C(=O)O)cc3)cc2)CC1. The van der Waals surface area contributed by atoms with Crippen LogP contribution in [0, 0.1) is 5.82 Å². The molecular formula is C40H35ClFN7O5. The van der Waals surface area contributed by atoms with Crippen molar-refractivity contribution in [1.82, 2.24) is 34.9 Å². The number of hydrogen-bond donors (Lipinski definition) is 1. The van der Waals surface area contributed by atoms with Crippen molar-refractivity contribution in [3.63, 3.8) is 0 Å². The summed E-state index contributed by atoms with van der Waals surface area (Å²) in [6.45, 7) is 3.16. The minimum Gasteiger partial charge on any atom is -0.478 e. The highest BCUT2D eigenvalue weighted by Gasteiger charge is 2.36. The van der Waals surface area contributed by atoms with Crippen molar-refractivity contribution in [3.8, 4) is 16.8 Å². The number of aromatic carboxylic acids is 1. The highest BCUT2D eigenvalue weighted by molar-refractivity contribution is 6.31. The van der Waals surface area contributed by atoms with E-state index >= 15 is 4.39 Å². The van der Waals surface area contributed by atoms with Crippen molar-refractivity contribution in [2.24, 2.45) is 0 Å². The number of hydrogen-bond acceptors (Lipinski definition) is 8. The summed E-state index contributed by atoms with van der Waals surface area (Å²) in [5.74, 6) is -2.68. The molecule has 1 aromatic heterocycles. The van der Waals surface area contributed by atoms with Crippen LogP contribution in [0.3, 0.4) is 0 Å². The number of likely N-dealkylation sites (N-methyl/N-ethyl adjacent to an activating group) is 1. The molecule has 14 heteroatoms. The summed E-state index contributed by atoms with van der Waals surface area (Å²) in [7, 11) is 2.04. The first-order valence-electron chi connectivity index (χ1n) is 17.3. The molecule has 7 rings (SSSR count). The van der Waals surface area contributed by atoms with E-state index in [1.54, 1.807) is 12.1 Å². The number of carboxylic acids is 1. The van der Waals surface area contributed by atoms with Crippen LogP contribution < -0.4 is 0 Å². The average molecular weight is 748 g/mol. The fourth-order valence-electron chi connectivity index (χ4n) is 7.01. The molecule has 1 saturated heterocycles. The number of benzene rings is 4. The van der Waals surface area contributed by atoms with Gasteiger partial charge in [-0.1, -0.05) is 54.1 Å². The van der Waals surface area contributed by atoms with Crippen LogP contribution in [0.5, 0.6) is 0 Å². The number of carbonyl (C=O) groups is 4. The third-order valence-corrected chi connectivity index (χ3v) is 10.2. The van der Waals surface area contributed by atoms with Gasteiger partial charge in [0, 0.05) is 56.3 Å². The van der Waals surface area contributed by atoms with Crippen molar-refractivity contribution in [2.45, 2.75) is 18.9 Å². The van der Waals surface area contributed by atoms with Crippen molar-refractivity contribution in [3.05, 3.63) is 135 Å². The van der Waals surface area contributed by atoms with Crippen molar-refractivity contribution < 1.29 is 28.7 Å². The molecule has 1 fully saturated rings. The fraction of sp³-hybridized carbons (Fsp3) is 0.225. The molecule has 1 atom stereocenters. The number of carboxylic acid groups (broad SMARTS) is 1. The Morgan fingerprint density at radius 2 is 1.63 bits per heavy atom. The molecule has 5 aromatic rings. The Hall–Kier alpha value is -6.05. The minimum absolute atomic E-state index is 0.0150. The van der Waals surface area contributed by atoms with Crippen LogP contribution in [0.4, 0.5) is 4.39 Å². The number of halogens is 2. The van der Waals surface area contributed by atoms with E-state index in [0.717, 1.165) is 29.8 Å². The zero-order valence-corrected chi connectivity index (χ0v) is 30.0. The van der Waals surface area contributed by atoms with E-state index in [1.165, 1.54) is 52.3 Å². The van der Waals surface area contributed by atoms with Crippen LogP contribution in [-0.4, -0.2) is 103 Å². The number of aromatic nitrogens is 4. The molecule has 1 unspecified atom stereocenters. The second-order valence-corrected chi connectivity index (χ2v) is 13.7. The summed E-state index contributed by atoms with van der Waals surface area (Å²) >= 11 is 6.10. The molecule has 12 nitrogen and oxygen atoms in total. The lowest BCUT2D eigenvalue weighted by molar-refractivity contribution is -0.136. The van der Waals surface area contributed by atoms with Gasteiger partial charge in [-0.25, -0.2) is 9.18 Å². The monoisotopic (exact) mass is 747 g/mol. The molecule has 54 heavy (non-hydrogen) atoms. The summed E-state index contributed by atoms with van der Waals surface area (Å²) in [6, 6.07) is 21.0. The van der Waals surface area contributed by atoms with E-state index in [0.29, 0.717) is 36.2 Å². The largest absolute Gasteiger partial charge is 0.478 e. The molecule has 0 bridgehead atoms. The molecule has 1 N–H and O–H groups in total. The zero-order valence-electron chi connectivity index (χ0n) is 29.2. The third kappa shape index (κ3) is 7.41. The van der Waals surface area contributed by atoms with E-state index in [1.807, 2.05) is 54.4 Å². The van der Waals surface area contributed by atoms with E-state index in [4.69, 9.17) is 11.6 Å². The highest BCUT2D eigenvalue weighted by Crippen LogP contribution is 2.38. The number of rotatable bonds is 9. The lowest BCUT2D eigenvalue weighted by atomic mass is 9.83. The van der Waals surface area contributed by atoms with E-state index < -0.39 is 23.7 Å². The first-order valence-corrected chi connectivity index (χ1v) is 17.7. The summed E-state index contributed by atoms with van der Waals surface area (Å²) in [5, 5.41) is 20.3. The Morgan fingerprint density at radius 1 is 0.907 bits per heavy atom. The molecule has 3 heterocycles. The molecule has 2 amide bonds. The maximum atomic E-state index is 15.3. The summed E-state index contributed by atoms with van der Waals surface area (Å²) in [4.78, 5) is 58.5. The van der Waals surface area contributed by atoms with Gasteiger partial charge in [0.15, 0.2) is 11.6 Å². The summed E-state index contributed by atoms with van der Waals surface area (Å²) in [5.41, 5.74) is 4.80. The topological polar surface area (TPSA) is 142 Å². The maximum Gasteiger partial charge on any atom is 0.335 e. The van der Waals surface area contributed by atoms with Crippen molar-refractivity contribution in [1.29, 1.82) is 0 Å². The normalized spacial score (nSPS) is 16.0. The fourth-order valence-corrected chi connectivity index (χ4v) is 7.17. The quantitative estimate of drug-likeness (QED) is 0.203. The number of tetrazole rings is 1. The van der Waals surface area contributed by atoms with Gasteiger partial charge in [0.2, 0.25) is 5.91 Å². The van der Waals surface area contributed by atoms with Gasteiger partial charge < -0.3 is 19.8 Å². The Balaban J connectivity index is 1.21. The molecule has 4 aromatic carbocycles. The van der Waals surface area contributed by atoms with Gasteiger partial charge >= 0.3 is 5.97 Å². The zero-order chi connectivity index (χ0) is 37.9. The van der Waals surface area contributed by atoms with E-state index in [2.05, 4.69) is 20.4 Å². The number of ketones is 1. The highest BCUT2D eigenvalue weighted by atomic mass is 35.5. The molecule has 0 aliphatic carbocycles. The first kappa shape index (κ1) is 36.3. The number of amides is 2. The Bertz CT molecular complexity index is 2250. The van der Waals surface area contributed by atoms with Gasteiger partial charge in [0.1, 0.15) is 12.4 Å². The van der Waals surface area contributed by atoms with Crippen LogP contribution in [0.15, 0.2) is 91.3 Å². The number of piperazine rings is 1. The van der Waals surface area contributed by atoms with Crippen molar-refractivity contribution >= 4 is 41.2 Å². The van der Waals surface area contributed by atoms with Gasteiger partial charge in [-0.15, -0.1) is 5.10 Å². The number of nitrogens with zero attached hydrogens (tertiary/aromatic N) is 7. The maximum absolute atomic E-state index is 15.3.